The van der Waals surface area contributed by atoms with Gasteiger partial charge in [-0.25, -0.2) is 12.8 Å². The van der Waals surface area contributed by atoms with E-state index in [1.807, 2.05) is 0 Å². The third-order valence-electron chi connectivity index (χ3n) is 2.48. The van der Waals surface area contributed by atoms with Gasteiger partial charge in [0.15, 0.2) is 0 Å². The van der Waals surface area contributed by atoms with Crippen molar-refractivity contribution in [2.75, 3.05) is 10.5 Å². The summed E-state index contributed by atoms with van der Waals surface area (Å²) in [6.07, 6.45) is 0. The molecule has 0 fully saturated rings. The largest absolute Gasteiger partial charge is 0.395 e. The molecule has 0 aromatic heterocycles. The molecule has 0 amide bonds. The molecule has 2 aromatic carbocycles. The number of hydrogen-bond acceptors (Lipinski definition) is 3. The number of halogens is 3. The lowest BCUT2D eigenvalue weighted by molar-refractivity contribution is 0.597. The molecule has 3 N–H and O–H groups in total. The second kappa shape index (κ2) is 5.47. The average Bonchev–Trinajstić information content (AvgIpc) is 2.36. The lowest BCUT2D eigenvalue weighted by Crippen LogP contribution is -2.15. The van der Waals surface area contributed by atoms with Gasteiger partial charge in [-0.3, -0.25) is 4.72 Å². The first-order valence-electron chi connectivity index (χ1n) is 5.33. The maximum atomic E-state index is 13.3. The number of hydrogen-bond donors (Lipinski definition) is 2. The van der Waals surface area contributed by atoms with Crippen LogP contribution in [0.15, 0.2) is 41.3 Å². The summed E-state index contributed by atoms with van der Waals surface area (Å²) in [5, 5.41) is 0.465. The van der Waals surface area contributed by atoms with Crippen LogP contribution in [0.1, 0.15) is 0 Å². The fraction of sp³-hybridized carbons (Fsp3) is 0. The van der Waals surface area contributed by atoms with Crippen LogP contribution >= 0.6 is 23.2 Å². The van der Waals surface area contributed by atoms with E-state index in [1.165, 1.54) is 30.3 Å². The highest BCUT2D eigenvalue weighted by molar-refractivity contribution is 7.92. The Morgan fingerprint density at radius 2 is 1.85 bits per heavy atom. The molecule has 0 bridgehead atoms. The van der Waals surface area contributed by atoms with E-state index in [1.54, 1.807) is 0 Å². The Kier molecular flexibility index (Phi) is 4.08. The molecule has 0 spiro atoms. The van der Waals surface area contributed by atoms with E-state index in [-0.39, 0.29) is 15.6 Å². The van der Waals surface area contributed by atoms with Crippen LogP contribution in [0.3, 0.4) is 0 Å². The van der Waals surface area contributed by atoms with Crippen LogP contribution in [0.4, 0.5) is 15.8 Å². The van der Waals surface area contributed by atoms with Crippen molar-refractivity contribution in [1.82, 2.24) is 0 Å². The van der Waals surface area contributed by atoms with E-state index in [2.05, 4.69) is 4.72 Å². The summed E-state index contributed by atoms with van der Waals surface area (Å²) in [7, 11) is -4.06. The Morgan fingerprint density at radius 1 is 1.15 bits per heavy atom. The molecule has 20 heavy (non-hydrogen) atoms. The molecule has 0 heterocycles. The fourth-order valence-corrected chi connectivity index (χ4v) is 3.13. The minimum atomic E-state index is -4.06. The molecule has 8 heteroatoms. The Labute approximate surface area is 125 Å². The van der Waals surface area contributed by atoms with E-state index in [4.69, 9.17) is 28.9 Å². The molecule has 0 saturated heterocycles. The summed E-state index contributed by atoms with van der Waals surface area (Å²) in [6.45, 7) is 0. The molecular weight excluding hydrogens is 326 g/mol. The van der Waals surface area contributed by atoms with E-state index in [0.717, 1.165) is 6.07 Å². The zero-order valence-electron chi connectivity index (χ0n) is 9.90. The molecule has 0 aliphatic rings. The molecule has 106 valence electrons. The van der Waals surface area contributed by atoms with Gasteiger partial charge in [-0.2, -0.15) is 0 Å². The van der Waals surface area contributed by atoms with Gasteiger partial charge in [-0.15, -0.1) is 0 Å². The zero-order valence-corrected chi connectivity index (χ0v) is 12.2. The summed E-state index contributed by atoms with van der Waals surface area (Å²) in [5.41, 5.74) is 5.06. The van der Waals surface area contributed by atoms with Gasteiger partial charge in [-0.05, 0) is 30.3 Å². The van der Waals surface area contributed by atoms with Gasteiger partial charge < -0.3 is 5.73 Å². The van der Waals surface area contributed by atoms with Crippen molar-refractivity contribution in [3.8, 4) is 0 Å². The molecule has 0 aliphatic heterocycles. The summed E-state index contributed by atoms with van der Waals surface area (Å²) >= 11 is 11.6. The molecular formula is C12H9Cl2FN2O2S. The van der Waals surface area contributed by atoms with Crippen LogP contribution in [-0.4, -0.2) is 8.42 Å². The third kappa shape index (κ3) is 2.98. The SMILES string of the molecule is Nc1c(F)cccc1S(=O)(=O)Nc1cc(Cl)ccc1Cl. The Balaban J connectivity index is 2.46. The fourth-order valence-electron chi connectivity index (χ4n) is 1.53. The summed E-state index contributed by atoms with van der Waals surface area (Å²) in [6, 6.07) is 7.81. The monoisotopic (exact) mass is 334 g/mol. The second-order valence-corrected chi connectivity index (χ2v) is 6.38. The standard InChI is InChI=1S/C12H9Cl2FN2O2S/c13-7-4-5-8(14)10(6-7)17-20(18,19)11-3-1-2-9(15)12(11)16/h1-6,17H,16H2. The number of anilines is 2. The molecule has 0 aliphatic carbocycles. The van der Waals surface area contributed by atoms with Crippen molar-refractivity contribution in [2.24, 2.45) is 0 Å². The van der Waals surface area contributed by atoms with Crippen molar-refractivity contribution < 1.29 is 12.8 Å². The normalized spacial score (nSPS) is 11.3. The van der Waals surface area contributed by atoms with Crippen LogP contribution in [0, 0.1) is 5.82 Å². The lowest BCUT2D eigenvalue weighted by Gasteiger charge is -2.11. The molecule has 0 radical (unpaired) electrons. The topological polar surface area (TPSA) is 72.2 Å². The number of benzene rings is 2. The van der Waals surface area contributed by atoms with Crippen molar-refractivity contribution >= 4 is 44.6 Å². The van der Waals surface area contributed by atoms with Crippen molar-refractivity contribution in [3.05, 3.63) is 52.3 Å². The summed E-state index contributed by atoms with van der Waals surface area (Å²) in [4.78, 5) is -0.367. The molecule has 4 nitrogen and oxygen atoms in total. The average molecular weight is 335 g/mol. The summed E-state index contributed by atoms with van der Waals surface area (Å²) in [5.74, 6) is -0.815. The first-order chi connectivity index (χ1) is 9.31. The van der Waals surface area contributed by atoms with Crippen LogP contribution in [0.25, 0.3) is 0 Å². The minimum Gasteiger partial charge on any atom is -0.395 e. The van der Waals surface area contributed by atoms with Crippen molar-refractivity contribution in [1.29, 1.82) is 0 Å². The van der Waals surface area contributed by atoms with Gasteiger partial charge in [0.2, 0.25) is 0 Å². The van der Waals surface area contributed by atoms with E-state index < -0.39 is 21.5 Å². The Bertz CT molecular complexity index is 766. The Hall–Kier alpha value is -1.50. The number of nitrogen functional groups attached to an aromatic ring is 1. The number of rotatable bonds is 3. The predicted molar refractivity (Wildman–Crippen MR) is 78.1 cm³/mol. The number of nitrogens with one attached hydrogen (secondary N) is 1. The smallest absolute Gasteiger partial charge is 0.264 e. The lowest BCUT2D eigenvalue weighted by atomic mass is 10.3. The van der Waals surface area contributed by atoms with Crippen LogP contribution in [-0.2, 0) is 10.0 Å². The van der Waals surface area contributed by atoms with Crippen LogP contribution in [0.5, 0.6) is 0 Å². The highest BCUT2D eigenvalue weighted by Crippen LogP contribution is 2.29. The van der Waals surface area contributed by atoms with E-state index >= 15 is 0 Å². The molecule has 0 unspecified atom stereocenters. The van der Waals surface area contributed by atoms with Crippen molar-refractivity contribution in [3.63, 3.8) is 0 Å². The van der Waals surface area contributed by atoms with Gasteiger partial charge in [0, 0.05) is 5.02 Å². The van der Waals surface area contributed by atoms with Crippen LogP contribution in [0.2, 0.25) is 10.0 Å². The third-order valence-corrected chi connectivity index (χ3v) is 4.46. The maximum Gasteiger partial charge on any atom is 0.264 e. The van der Waals surface area contributed by atoms with Gasteiger partial charge in [0.1, 0.15) is 10.7 Å². The first-order valence-corrected chi connectivity index (χ1v) is 7.57. The van der Waals surface area contributed by atoms with E-state index in [9.17, 15) is 12.8 Å². The molecule has 2 rings (SSSR count). The maximum absolute atomic E-state index is 13.3. The summed E-state index contributed by atoms with van der Waals surface area (Å²) < 4.78 is 39.9. The second-order valence-electron chi connectivity index (χ2n) is 3.88. The zero-order chi connectivity index (χ0) is 14.9. The number of nitrogens with two attached hydrogens (primary N) is 1. The number of para-hydroxylation sites is 1. The number of sulfonamides is 1. The van der Waals surface area contributed by atoms with Gasteiger partial charge >= 0.3 is 0 Å². The quantitative estimate of drug-likeness (QED) is 0.843. The van der Waals surface area contributed by atoms with Crippen molar-refractivity contribution in [2.45, 2.75) is 4.90 Å². The minimum absolute atomic E-state index is 0.0860. The molecule has 2 aromatic rings. The van der Waals surface area contributed by atoms with E-state index in [0.29, 0.717) is 5.02 Å². The van der Waals surface area contributed by atoms with Gasteiger partial charge in [0.05, 0.1) is 16.4 Å². The van der Waals surface area contributed by atoms with Gasteiger partial charge in [0.25, 0.3) is 10.0 Å². The molecule has 0 atom stereocenters. The predicted octanol–water partition coefficient (Wildman–Crippen LogP) is 3.52. The van der Waals surface area contributed by atoms with Gasteiger partial charge in [-0.1, -0.05) is 29.3 Å². The highest BCUT2D eigenvalue weighted by atomic mass is 35.5. The first kappa shape index (κ1) is 14.9. The molecule has 0 saturated carbocycles. The van der Waals surface area contributed by atoms with Crippen LogP contribution < -0.4 is 10.5 Å². The Morgan fingerprint density at radius 3 is 2.55 bits per heavy atom. The highest BCUT2D eigenvalue weighted by Gasteiger charge is 2.20.